The van der Waals surface area contributed by atoms with Crippen molar-refractivity contribution in [1.82, 2.24) is 10.2 Å². The van der Waals surface area contributed by atoms with Crippen molar-refractivity contribution in [2.75, 3.05) is 20.1 Å². The fraction of sp³-hybridized carbons (Fsp3) is 0.579. The molecule has 0 bridgehead atoms. The molecule has 2 rings (SSSR count). The van der Waals surface area contributed by atoms with Crippen LogP contribution in [-0.4, -0.2) is 36.9 Å². The quantitative estimate of drug-likeness (QED) is 0.644. The number of guanidine groups is 1. The van der Waals surface area contributed by atoms with Crippen LogP contribution in [0.5, 0.6) is 0 Å². The number of hydrogen-bond acceptors (Lipinski definition) is 2. The molecule has 132 valence electrons. The van der Waals surface area contributed by atoms with Gasteiger partial charge in [0.2, 0.25) is 5.91 Å². The number of carbonyl (C=O) groups excluding carboxylic acids is 1. The van der Waals surface area contributed by atoms with Gasteiger partial charge in [-0.3, -0.25) is 9.79 Å². The molecule has 24 heavy (non-hydrogen) atoms. The number of hydrogen-bond donors (Lipinski definition) is 2. The van der Waals surface area contributed by atoms with Gasteiger partial charge in [0.25, 0.3) is 0 Å². The van der Waals surface area contributed by atoms with E-state index < -0.39 is 5.91 Å². The molecule has 1 unspecified atom stereocenters. The van der Waals surface area contributed by atoms with Crippen molar-refractivity contribution in [3.63, 3.8) is 0 Å². The zero-order chi connectivity index (χ0) is 17.6. The lowest BCUT2D eigenvalue weighted by Crippen LogP contribution is -2.49. The number of nitrogens with two attached hydrogens (primary N) is 1. The summed E-state index contributed by atoms with van der Waals surface area (Å²) in [5, 5.41) is 3.44. The highest BCUT2D eigenvalue weighted by molar-refractivity contribution is 5.92. The number of likely N-dealkylation sites (tertiary alicyclic amines) is 1. The highest BCUT2D eigenvalue weighted by Crippen LogP contribution is 2.33. The molecular weight excluding hydrogens is 300 g/mol. The molecule has 5 nitrogen and oxygen atoms in total. The number of piperidine rings is 1. The van der Waals surface area contributed by atoms with Crippen molar-refractivity contribution in [3.05, 3.63) is 35.4 Å². The molecule has 1 atom stereocenters. The van der Waals surface area contributed by atoms with E-state index in [1.54, 1.807) is 12.1 Å². The van der Waals surface area contributed by atoms with Gasteiger partial charge in [-0.05, 0) is 42.4 Å². The third-order valence-electron chi connectivity index (χ3n) is 4.83. The first-order valence-electron chi connectivity index (χ1n) is 8.82. The summed E-state index contributed by atoms with van der Waals surface area (Å²) in [6.07, 6.45) is 4.99. The van der Waals surface area contributed by atoms with E-state index >= 15 is 0 Å². The Kier molecular flexibility index (Phi) is 6.23. The summed E-state index contributed by atoms with van der Waals surface area (Å²) in [6, 6.07) is 7.39. The average molecular weight is 330 g/mol. The maximum absolute atomic E-state index is 11.1. The van der Waals surface area contributed by atoms with Gasteiger partial charge in [-0.1, -0.05) is 32.4 Å². The van der Waals surface area contributed by atoms with Crippen LogP contribution in [0.25, 0.3) is 0 Å². The molecule has 1 aromatic carbocycles. The van der Waals surface area contributed by atoms with E-state index in [-0.39, 0.29) is 0 Å². The highest BCUT2D eigenvalue weighted by Gasteiger charge is 2.31. The largest absolute Gasteiger partial charge is 0.366 e. The standard InChI is InChI=1S/C19H30N4O/c1-4-10-19(2)11-5-12-23(14-19)18(21-3)22-13-15-6-8-16(9-7-15)17(20)24/h6-9H,4-5,10-14H2,1-3H3,(H2,20,24)(H,21,22). The summed E-state index contributed by atoms with van der Waals surface area (Å²) in [6.45, 7) is 7.44. The molecule has 1 aliphatic rings. The van der Waals surface area contributed by atoms with Crippen LogP contribution in [0.15, 0.2) is 29.3 Å². The minimum absolute atomic E-state index is 0.383. The van der Waals surface area contributed by atoms with Crippen molar-refractivity contribution in [1.29, 1.82) is 0 Å². The van der Waals surface area contributed by atoms with E-state index in [1.807, 2.05) is 19.2 Å². The molecule has 1 amide bonds. The van der Waals surface area contributed by atoms with E-state index in [0.29, 0.717) is 17.5 Å². The van der Waals surface area contributed by atoms with Crippen molar-refractivity contribution >= 4 is 11.9 Å². The van der Waals surface area contributed by atoms with Crippen molar-refractivity contribution < 1.29 is 4.79 Å². The van der Waals surface area contributed by atoms with Crippen molar-refractivity contribution in [3.8, 4) is 0 Å². The molecule has 3 N–H and O–H groups in total. The predicted octanol–water partition coefficient (Wildman–Crippen LogP) is 2.76. The van der Waals surface area contributed by atoms with Crippen LogP contribution < -0.4 is 11.1 Å². The normalized spacial score (nSPS) is 21.6. The second-order valence-corrected chi connectivity index (χ2v) is 7.05. The number of amides is 1. The number of benzene rings is 1. The molecule has 0 saturated carbocycles. The Morgan fingerprint density at radius 2 is 2.08 bits per heavy atom. The Morgan fingerprint density at radius 1 is 1.38 bits per heavy atom. The molecule has 1 aromatic rings. The van der Waals surface area contributed by atoms with Gasteiger partial charge >= 0.3 is 0 Å². The third kappa shape index (κ3) is 4.73. The van der Waals surface area contributed by atoms with E-state index in [9.17, 15) is 4.79 Å². The molecule has 0 spiro atoms. The van der Waals surface area contributed by atoms with E-state index in [0.717, 1.165) is 24.6 Å². The summed E-state index contributed by atoms with van der Waals surface area (Å²) in [5.74, 6) is 0.560. The van der Waals surface area contributed by atoms with Gasteiger partial charge in [0, 0.05) is 32.2 Å². The topological polar surface area (TPSA) is 70.7 Å². The van der Waals surface area contributed by atoms with Gasteiger partial charge in [-0.25, -0.2) is 0 Å². The first-order chi connectivity index (χ1) is 11.5. The van der Waals surface area contributed by atoms with Crippen LogP contribution in [0.3, 0.4) is 0 Å². The lowest BCUT2D eigenvalue weighted by Gasteiger charge is -2.42. The maximum Gasteiger partial charge on any atom is 0.248 e. The Balaban J connectivity index is 1.95. The van der Waals surface area contributed by atoms with Gasteiger partial charge < -0.3 is 16.0 Å². The van der Waals surface area contributed by atoms with Crippen LogP contribution in [0, 0.1) is 5.41 Å². The van der Waals surface area contributed by atoms with Gasteiger partial charge in [0.05, 0.1) is 0 Å². The van der Waals surface area contributed by atoms with Gasteiger partial charge in [-0.15, -0.1) is 0 Å². The van der Waals surface area contributed by atoms with Crippen molar-refractivity contribution in [2.45, 2.75) is 46.1 Å². The Hall–Kier alpha value is -2.04. The van der Waals surface area contributed by atoms with Gasteiger partial charge in [-0.2, -0.15) is 0 Å². The van der Waals surface area contributed by atoms with Crippen LogP contribution in [-0.2, 0) is 6.54 Å². The monoisotopic (exact) mass is 330 g/mol. The minimum atomic E-state index is -0.395. The third-order valence-corrected chi connectivity index (χ3v) is 4.83. The first kappa shape index (κ1) is 18.3. The number of rotatable bonds is 5. The lowest BCUT2D eigenvalue weighted by molar-refractivity contribution is 0.100. The molecule has 0 aliphatic carbocycles. The second-order valence-electron chi connectivity index (χ2n) is 7.05. The predicted molar refractivity (Wildman–Crippen MR) is 99.0 cm³/mol. The van der Waals surface area contributed by atoms with Gasteiger partial charge in [0.15, 0.2) is 5.96 Å². The number of primary amides is 1. The zero-order valence-corrected chi connectivity index (χ0v) is 15.1. The van der Waals surface area contributed by atoms with Crippen LogP contribution in [0.4, 0.5) is 0 Å². The number of aliphatic imine (C=N–C) groups is 1. The summed E-state index contributed by atoms with van der Waals surface area (Å²) in [7, 11) is 1.84. The molecule has 1 fully saturated rings. The fourth-order valence-electron chi connectivity index (χ4n) is 3.60. The SMILES string of the molecule is CCCC1(C)CCCN(C(=NC)NCc2ccc(C(N)=O)cc2)C1. The van der Waals surface area contributed by atoms with Gasteiger partial charge in [0.1, 0.15) is 0 Å². The molecule has 5 heteroatoms. The summed E-state index contributed by atoms with van der Waals surface area (Å²) in [5.41, 5.74) is 7.30. The van der Waals surface area contributed by atoms with Crippen LogP contribution in [0.1, 0.15) is 55.5 Å². The molecule has 1 aliphatic heterocycles. The summed E-state index contributed by atoms with van der Waals surface area (Å²) < 4.78 is 0. The second kappa shape index (κ2) is 8.18. The minimum Gasteiger partial charge on any atom is -0.366 e. The lowest BCUT2D eigenvalue weighted by atomic mass is 9.78. The highest BCUT2D eigenvalue weighted by atomic mass is 16.1. The number of nitrogens with zero attached hydrogens (tertiary/aromatic N) is 2. The number of nitrogens with one attached hydrogen (secondary N) is 1. The summed E-state index contributed by atoms with van der Waals surface area (Å²) >= 11 is 0. The molecule has 0 aromatic heterocycles. The first-order valence-corrected chi connectivity index (χ1v) is 8.82. The molecule has 0 radical (unpaired) electrons. The Bertz CT molecular complexity index is 578. The smallest absolute Gasteiger partial charge is 0.248 e. The van der Waals surface area contributed by atoms with E-state index in [1.165, 1.54) is 25.7 Å². The van der Waals surface area contributed by atoms with E-state index in [2.05, 4.69) is 29.1 Å². The van der Waals surface area contributed by atoms with Crippen LogP contribution >= 0.6 is 0 Å². The molecule has 1 heterocycles. The fourth-order valence-corrected chi connectivity index (χ4v) is 3.60. The molecular formula is C19H30N4O. The van der Waals surface area contributed by atoms with E-state index in [4.69, 9.17) is 5.73 Å². The van der Waals surface area contributed by atoms with Crippen molar-refractivity contribution in [2.24, 2.45) is 16.1 Å². The van der Waals surface area contributed by atoms with Crippen LogP contribution in [0.2, 0.25) is 0 Å². The zero-order valence-electron chi connectivity index (χ0n) is 15.1. The Labute approximate surface area is 145 Å². The Morgan fingerprint density at radius 3 is 2.67 bits per heavy atom. The number of carbonyl (C=O) groups is 1. The maximum atomic E-state index is 11.1. The average Bonchev–Trinajstić information content (AvgIpc) is 2.56. The molecule has 1 saturated heterocycles. The summed E-state index contributed by atoms with van der Waals surface area (Å²) in [4.78, 5) is 18.0.